The summed E-state index contributed by atoms with van der Waals surface area (Å²) >= 11 is 4.85. The zero-order chi connectivity index (χ0) is 18.7. The molecule has 0 unspecified atom stereocenters. The number of amides is 1. The topological polar surface area (TPSA) is 84.3 Å². The molecule has 2 aromatic rings. The molecule has 0 spiro atoms. The van der Waals surface area contributed by atoms with Crippen LogP contribution in [0, 0.1) is 11.6 Å². The van der Waals surface area contributed by atoms with Crippen LogP contribution in [0.5, 0.6) is 0 Å². The number of ether oxygens (including phenoxy) is 1. The van der Waals surface area contributed by atoms with Crippen molar-refractivity contribution < 1.29 is 18.3 Å². The molecule has 1 amide bonds. The minimum Gasteiger partial charge on any atom is -0.474 e. The van der Waals surface area contributed by atoms with Crippen molar-refractivity contribution in [2.24, 2.45) is 0 Å². The number of halogens is 2. The van der Waals surface area contributed by atoms with Gasteiger partial charge in [-0.05, 0) is 12.2 Å². The number of nitrogens with one attached hydrogen (secondary N) is 2. The molecule has 0 aliphatic carbocycles. The molecule has 0 radical (unpaired) electrons. The zero-order valence-corrected chi connectivity index (χ0v) is 14.6. The number of hydrogen-bond donors (Lipinski definition) is 2. The fourth-order valence-electron chi connectivity index (χ4n) is 2.56. The third kappa shape index (κ3) is 3.87. The lowest BCUT2D eigenvalue weighted by Crippen LogP contribution is -2.48. The molecule has 2 N–H and O–H groups in total. The van der Waals surface area contributed by atoms with E-state index in [4.69, 9.17) is 17.0 Å². The molecule has 2 heterocycles. The molecule has 1 aromatic carbocycles. The average Bonchev–Trinajstić information content (AvgIpc) is 3.08. The van der Waals surface area contributed by atoms with E-state index in [1.165, 1.54) is 22.9 Å². The Bertz CT molecular complexity index is 820. The van der Waals surface area contributed by atoms with Gasteiger partial charge in [-0.1, -0.05) is 5.21 Å². The van der Waals surface area contributed by atoms with Gasteiger partial charge >= 0.3 is 0 Å². The van der Waals surface area contributed by atoms with Gasteiger partial charge in [0, 0.05) is 25.2 Å². The minimum atomic E-state index is -0.773. The summed E-state index contributed by atoms with van der Waals surface area (Å²) in [6.45, 7) is 0.837. The molecule has 0 saturated carbocycles. The molecule has 11 heteroatoms. The van der Waals surface area contributed by atoms with Crippen molar-refractivity contribution in [1.29, 1.82) is 0 Å². The van der Waals surface area contributed by atoms with E-state index in [1.807, 2.05) is 0 Å². The summed E-state index contributed by atoms with van der Waals surface area (Å²) in [5.74, 6) is -1.82. The molecule has 1 aliphatic rings. The Balaban J connectivity index is 1.80. The molecule has 0 atom stereocenters. The first-order valence-electron chi connectivity index (χ1n) is 7.72. The lowest BCUT2D eigenvalue weighted by Gasteiger charge is -2.29. The second kappa shape index (κ2) is 7.60. The first-order valence-corrected chi connectivity index (χ1v) is 8.13. The summed E-state index contributed by atoms with van der Waals surface area (Å²) in [5, 5.41) is 13.4. The fraction of sp³-hybridized carbons (Fsp3) is 0.333. The van der Waals surface area contributed by atoms with Crippen LogP contribution in [0.2, 0.25) is 0 Å². The summed E-state index contributed by atoms with van der Waals surface area (Å²) in [4.78, 5) is 12.8. The van der Waals surface area contributed by atoms with Gasteiger partial charge in [0.15, 0.2) is 11.6 Å². The largest absolute Gasteiger partial charge is 0.474 e. The van der Waals surface area contributed by atoms with E-state index in [9.17, 15) is 13.6 Å². The van der Waals surface area contributed by atoms with Gasteiger partial charge in [-0.15, -0.1) is 5.10 Å². The van der Waals surface area contributed by atoms with E-state index in [0.717, 1.165) is 12.1 Å². The smallest absolute Gasteiger partial charge is 0.256 e. The van der Waals surface area contributed by atoms with Gasteiger partial charge in [0.1, 0.15) is 11.4 Å². The number of piperazine rings is 1. The van der Waals surface area contributed by atoms with Crippen LogP contribution in [0.25, 0.3) is 5.69 Å². The lowest BCUT2D eigenvalue weighted by molar-refractivity contribution is -0.120. The van der Waals surface area contributed by atoms with Gasteiger partial charge in [-0.25, -0.2) is 13.5 Å². The van der Waals surface area contributed by atoms with Crippen LogP contribution >= 0.6 is 12.2 Å². The van der Waals surface area contributed by atoms with Crippen LogP contribution in [-0.2, 0) is 16.1 Å². The normalized spacial score (nSPS) is 14.1. The lowest BCUT2D eigenvalue weighted by atomic mass is 10.2. The van der Waals surface area contributed by atoms with Crippen LogP contribution in [0.1, 0.15) is 5.69 Å². The maximum Gasteiger partial charge on any atom is 0.256 e. The Kier molecular flexibility index (Phi) is 5.26. The van der Waals surface area contributed by atoms with Crippen molar-refractivity contribution >= 4 is 29.0 Å². The first-order chi connectivity index (χ1) is 12.5. The summed E-state index contributed by atoms with van der Waals surface area (Å²) in [7, 11) is 1.44. The second-order valence-corrected chi connectivity index (χ2v) is 5.90. The minimum absolute atomic E-state index is 0.0915. The number of carbonyl (C=O) groups excluding carboxylic acids is 1. The van der Waals surface area contributed by atoms with Gasteiger partial charge in [0.2, 0.25) is 5.91 Å². The van der Waals surface area contributed by atoms with Crippen LogP contribution in [0.3, 0.4) is 0 Å². The highest BCUT2D eigenvalue weighted by molar-refractivity contribution is 7.80. The highest BCUT2D eigenvalue weighted by atomic mass is 32.1. The Morgan fingerprint density at radius 2 is 2.15 bits per heavy atom. The molecule has 1 aliphatic heterocycles. The van der Waals surface area contributed by atoms with Crippen LogP contribution in [0.4, 0.5) is 14.5 Å². The molecule has 1 fully saturated rings. The van der Waals surface area contributed by atoms with Crippen molar-refractivity contribution in [1.82, 2.24) is 25.6 Å². The summed E-state index contributed by atoms with van der Waals surface area (Å²) in [5.41, 5.74) is 0.469. The number of methoxy groups -OCH3 is 1. The second-order valence-electron chi connectivity index (χ2n) is 5.53. The van der Waals surface area contributed by atoms with E-state index in [1.54, 1.807) is 0 Å². The highest BCUT2D eigenvalue weighted by Crippen LogP contribution is 2.26. The molecule has 1 saturated heterocycles. The van der Waals surface area contributed by atoms with E-state index < -0.39 is 11.6 Å². The fourth-order valence-corrected chi connectivity index (χ4v) is 2.63. The van der Waals surface area contributed by atoms with Crippen molar-refractivity contribution in [3.63, 3.8) is 0 Å². The number of thiocarbonyl (C=S) groups is 1. The Morgan fingerprint density at radius 3 is 2.81 bits per heavy atom. The van der Waals surface area contributed by atoms with Gasteiger partial charge in [-0.2, -0.15) is 0 Å². The van der Waals surface area contributed by atoms with Crippen molar-refractivity contribution in [2.45, 2.75) is 6.54 Å². The average molecular weight is 382 g/mol. The monoisotopic (exact) mass is 382 g/mol. The number of benzene rings is 1. The van der Waals surface area contributed by atoms with Crippen LogP contribution in [-0.4, -0.2) is 52.8 Å². The number of rotatable bonds is 4. The number of aromatic nitrogens is 3. The molecule has 1 aromatic heterocycles. The molecule has 8 nitrogen and oxygen atoms in total. The summed E-state index contributed by atoms with van der Waals surface area (Å²) in [6, 6.07) is 2.30. The van der Waals surface area contributed by atoms with Crippen molar-refractivity contribution in [3.05, 3.63) is 35.7 Å². The molecule has 3 rings (SSSR count). The number of carbonyl (C=O) groups is 1. The van der Waals surface area contributed by atoms with Gasteiger partial charge in [0.05, 0.1) is 32.1 Å². The summed E-state index contributed by atoms with van der Waals surface area (Å²) < 4.78 is 35.0. The summed E-state index contributed by atoms with van der Waals surface area (Å²) in [6.07, 6.45) is 1.52. The van der Waals surface area contributed by atoms with E-state index in [0.29, 0.717) is 18.8 Å². The number of hydrogen-bond acceptors (Lipinski definition) is 6. The highest BCUT2D eigenvalue weighted by Gasteiger charge is 2.23. The van der Waals surface area contributed by atoms with Crippen molar-refractivity contribution in [2.75, 3.05) is 31.6 Å². The predicted molar refractivity (Wildman–Crippen MR) is 92.9 cm³/mol. The molecule has 26 heavy (non-hydrogen) atoms. The van der Waals surface area contributed by atoms with E-state index >= 15 is 0 Å². The van der Waals surface area contributed by atoms with E-state index in [-0.39, 0.29) is 35.5 Å². The molecule has 138 valence electrons. The predicted octanol–water partition coefficient (Wildman–Crippen LogP) is 0.503. The first kappa shape index (κ1) is 18.0. The molecular formula is C15H16F2N6O2S. The molecular weight excluding hydrogens is 366 g/mol. The zero-order valence-electron chi connectivity index (χ0n) is 13.8. The Hall–Kier alpha value is -2.82. The Morgan fingerprint density at radius 1 is 1.42 bits per heavy atom. The van der Waals surface area contributed by atoms with Crippen LogP contribution < -0.4 is 15.5 Å². The molecule has 0 bridgehead atoms. The van der Waals surface area contributed by atoms with E-state index in [2.05, 4.69) is 20.9 Å². The Labute approximate surface area is 153 Å². The van der Waals surface area contributed by atoms with Gasteiger partial charge in [-0.3, -0.25) is 4.79 Å². The third-order valence-electron chi connectivity index (χ3n) is 3.76. The SMILES string of the molecule is COC(=S)NCc1cn(-c2cc(F)c(N3CCNC(=O)C3)c(F)c2)nn1. The maximum absolute atomic E-state index is 14.5. The number of anilines is 1. The van der Waals surface area contributed by atoms with Gasteiger partial charge < -0.3 is 20.3 Å². The third-order valence-corrected chi connectivity index (χ3v) is 4.07. The maximum atomic E-state index is 14.5. The van der Waals surface area contributed by atoms with Gasteiger partial charge in [0.25, 0.3) is 5.17 Å². The standard InChI is InChI=1S/C15H16F2N6O2S/c1-25-15(26)19-6-9-7-23(21-20-9)10-4-11(16)14(12(17)5-10)22-3-2-18-13(24)8-22/h4-5,7H,2-3,6,8H2,1H3,(H,18,24)(H,19,26). The number of nitrogens with zero attached hydrogens (tertiary/aromatic N) is 4. The quantitative estimate of drug-likeness (QED) is 0.745. The van der Waals surface area contributed by atoms with Crippen molar-refractivity contribution in [3.8, 4) is 5.69 Å². The van der Waals surface area contributed by atoms with Crippen LogP contribution in [0.15, 0.2) is 18.3 Å².